The molecule has 1 aliphatic rings. The Kier molecular flexibility index (Phi) is 6.49. The summed E-state index contributed by atoms with van der Waals surface area (Å²) in [5.74, 6) is 0.205. The van der Waals surface area contributed by atoms with Crippen LogP contribution in [0.4, 0.5) is 11.4 Å². The Labute approximate surface area is 205 Å². The smallest absolute Gasteiger partial charge is 0.294 e. The average molecular weight is 465 g/mol. The second-order valence-corrected chi connectivity index (χ2v) is 8.90. The van der Waals surface area contributed by atoms with Gasteiger partial charge in [-0.2, -0.15) is 0 Å². The highest BCUT2D eigenvalue weighted by Crippen LogP contribution is 2.43. The number of fused-ring (bicyclic) bond motifs is 1. The number of hydrogen-bond acceptors (Lipinski definition) is 3. The van der Waals surface area contributed by atoms with Crippen molar-refractivity contribution in [1.29, 1.82) is 0 Å². The summed E-state index contributed by atoms with van der Waals surface area (Å²) in [6.07, 6.45) is 3.21. The molecule has 3 aromatic carbocycles. The number of hydrogen-bond donors (Lipinski definition) is 0. The van der Waals surface area contributed by atoms with Crippen LogP contribution in [0.5, 0.6) is 0 Å². The van der Waals surface area contributed by atoms with E-state index in [1.54, 1.807) is 17.0 Å². The Hall–Kier alpha value is -4.12. The second-order valence-electron chi connectivity index (χ2n) is 8.90. The maximum atomic E-state index is 13.8. The molecule has 35 heavy (non-hydrogen) atoms. The lowest BCUT2D eigenvalue weighted by atomic mass is 9.89. The maximum absolute atomic E-state index is 13.8. The van der Waals surface area contributed by atoms with Gasteiger partial charge in [0.15, 0.2) is 5.76 Å². The third kappa shape index (κ3) is 4.62. The minimum absolute atomic E-state index is 0.0675. The number of para-hydroxylation sites is 2. The van der Waals surface area contributed by atoms with Gasteiger partial charge in [-0.15, -0.1) is 0 Å². The van der Waals surface area contributed by atoms with Crippen molar-refractivity contribution in [3.8, 4) is 0 Å². The number of furan rings is 1. The molecule has 0 N–H and O–H groups in total. The highest BCUT2D eigenvalue weighted by Gasteiger charge is 2.39. The molecule has 0 bridgehead atoms. The topological polar surface area (TPSA) is 53.8 Å². The summed E-state index contributed by atoms with van der Waals surface area (Å²) in [5.41, 5.74) is 3.78. The van der Waals surface area contributed by atoms with E-state index in [2.05, 4.69) is 12.1 Å². The van der Waals surface area contributed by atoms with E-state index >= 15 is 0 Å². The standard InChI is InChI=1S/C30H28N2O3/c1-22-21-27(25-15-8-9-16-26(25)31(22)30(34)28-17-10-20-35-28)32(24-13-6-3-7-14-24)29(33)19-18-23-11-4-2-5-12-23/h2-17,20,22,27H,18-19,21H2,1H3. The van der Waals surface area contributed by atoms with E-state index in [0.717, 1.165) is 22.5 Å². The molecule has 0 saturated carbocycles. The fraction of sp³-hybridized carbons (Fsp3) is 0.200. The number of aryl methyl sites for hydroxylation is 1. The molecule has 1 aromatic heterocycles. The van der Waals surface area contributed by atoms with Crippen molar-refractivity contribution in [1.82, 2.24) is 0 Å². The molecule has 0 fully saturated rings. The van der Waals surface area contributed by atoms with Crippen LogP contribution in [0.1, 0.15) is 47.5 Å². The summed E-state index contributed by atoms with van der Waals surface area (Å²) >= 11 is 0. The van der Waals surface area contributed by atoms with Crippen molar-refractivity contribution in [3.05, 3.63) is 120 Å². The Bertz CT molecular complexity index is 1290. The minimum atomic E-state index is -0.187. The molecule has 1 aliphatic heterocycles. The van der Waals surface area contributed by atoms with Crippen LogP contribution in [0.15, 0.2) is 108 Å². The van der Waals surface area contributed by atoms with Crippen LogP contribution in [0, 0.1) is 0 Å². The van der Waals surface area contributed by atoms with Crippen LogP contribution in [-0.4, -0.2) is 17.9 Å². The number of anilines is 2. The van der Waals surface area contributed by atoms with Gasteiger partial charge in [-0.1, -0.05) is 66.7 Å². The fourth-order valence-electron chi connectivity index (χ4n) is 4.96. The molecule has 5 rings (SSSR count). The number of rotatable bonds is 6. The van der Waals surface area contributed by atoms with Crippen molar-refractivity contribution in [2.45, 2.75) is 38.3 Å². The first-order chi connectivity index (χ1) is 17.1. The van der Waals surface area contributed by atoms with E-state index in [1.165, 1.54) is 6.26 Å². The van der Waals surface area contributed by atoms with Crippen molar-refractivity contribution >= 4 is 23.2 Å². The van der Waals surface area contributed by atoms with E-state index in [9.17, 15) is 9.59 Å². The van der Waals surface area contributed by atoms with Crippen molar-refractivity contribution in [2.75, 3.05) is 9.80 Å². The number of nitrogens with zero attached hydrogens (tertiary/aromatic N) is 2. The molecule has 0 radical (unpaired) electrons. The predicted octanol–water partition coefficient (Wildman–Crippen LogP) is 6.43. The Morgan fingerprint density at radius 2 is 1.57 bits per heavy atom. The lowest BCUT2D eigenvalue weighted by Gasteiger charge is -2.43. The summed E-state index contributed by atoms with van der Waals surface area (Å²) in [6.45, 7) is 2.03. The van der Waals surface area contributed by atoms with Gasteiger partial charge in [0.25, 0.3) is 5.91 Å². The largest absolute Gasteiger partial charge is 0.459 e. The molecule has 4 aromatic rings. The lowest BCUT2D eigenvalue weighted by Crippen LogP contribution is -2.47. The number of carbonyl (C=O) groups excluding carboxylic acids is 2. The zero-order chi connectivity index (χ0) is 24.2. The third-order valence-electron chi connectivity index (χ3n) is 6.60. The molecule has 5 nitrogen and oxygen atoms in total. The number of benzene rings is 3. The molecule has 2 heterocycles. The minimum Gasteiger partial charge on any atom is -0.459 e. The van der Waals surface area contributed by atoms with E-state index in [1.807, 2.05) is 84.6 Å². The second kappa shape index (κ2) is 10.0. The fourth-order valence-corrected chi connectivity index (χ4v) is 4.96. The van der Waals surface area contributed by atoms with Crippen LogP contribution in [0.2, 0.25) is 0 Å². The highest BCUT2D eigenvalue weighted by molar-refractivity contribution is 6.06. The van der Waals surface area contributed by atoms with Crippen molar-refractivity contribution in [3.63, 3.8) is 0 Å². The SMILES string of the molecule is CC1CC(N(C(=O)CCc2ccccc2)c2ccccc2)c2ccccc2N1C(=O)c1ccco1. The van der Waals surface area contributed by atoms with Crippen LogP contribution >= 0.6 is 0 Å². The zero-order valence-electron chi connectivity index (χ0n) is 19.7. The van der Waals surface area contributed by atoms with Gasteiger partial charge in [0.2, 0.25) is 5.91 Å². The average Bonchev–Trinajstić information content (AvgIpc) is 3.44. The molecule has 2 amide bonds. The first-order valence-corrected chi connectivity index (χ1v) is 12.0. The van der Waals surface area contributed by atoms with E-state index in [-0.39, 0.29) is 23.9 Å². The summed E-state index contributed by atoms with van der Waals surface area (Å²) < 4.78 is 5.41. The van der Waals surface area contributed by atoms with E-state index in [4.69, 9.17) is 4.42 Å². The normalized spacial score (nSPS) is 17.0. The van der Waals surface area contributed by atoms with Gasteiger partial charge < -0.3 is 14.2 Å². The van der Waals surface area contributed by atoms with E-state index < -0.39 is 0 Å². The molecule has 176 valence electrons. The molecular formula is C30H28N2O3. The van der Waals surface area contributed by atoms with E-state index in [0.29, 0.717) is 25.0 Å². The summed E-state index contributed by atoms with van der Waals surface area (Å²) in [7, 11) is 0. The molecule has 5 heteroatoms. The number of carbonyl (C=O) groups is 2. The predicted molar refractivity (Wildman–Crippen MR) is 137 cm³/mol. The molecule has 2 unspecified atom stereocenters. The summed E-state index contributed by atoms with van der Waals surface area (Å²) in [4.78, 5) is 30.8. The summed E-state index contributed by atoms with van der Waals surface area (Å²) in [5, 5.41) is 0. The van der Waals surface area contributed by atoms with Crippen LogP contribution < -0.4 is 9.80 Å². The molecule has 2 atom stereocenters. The van der Waals surface area contributed by atoms with Gasteiger partial charge in [0.1, 0.15) is 0 Å². The first kappa shape index (κ1) is 22.7. The monoisotopic (exact) mass is 464 g/mol. The Balaban J connectivity index is 1.51. The van der Waals surface area contributed by atoms with Gasteiger partial charge in [-0.05, 0) is 61.2 Å². The highest BCUT2D eigenvalue weighted by atomic mass is 16.3. The lowest BCUT2D eigenvalue weighted by molar-refractivity contribution is -0.119. The number of amides is 2. The van der Waals surface area contributed by atoms with Crippen LogP contribution in [0.3, 0.4) is 0 Å². The van der Waals surface area contributed by atoms with Gasteiger partial charge in [-0.3, -0.25) is 9.59 Å². The summed E-state index contributed by atoms with van der Waals surface area (Å²) in [6, 6.07) is 30.9. The van der Waals surface area contributed by atoms with Crippen LogP contribution in [0.25, 0.3) is 0 Å². The van der Waals surface area contributed by atoms with Crippen LogP contribution in [-0.2, 0) is 11.2 Å². The molecule has 0 aliphatic carbocycles. The van der Waals surface area contributed by atoms with Crippen molar-refractivity contribution < 1.29 is 14.0 Å². The molecule has 0 spiro atoms. The van der Waals surface area contributed by atoms with Gasteiger partial charge in [-0.25, -0.2) is 0 Å². The quantitative estimate of drug-likeness (QED) is 0.331. The molecular weight excluding hydrogens is 436 g/mol. The molecule has 0 saturated heterocycles. The van der Waals surface area contributed by atoms with Gasteiger partial charge in [0.05, 0.1) is 12.3 Å². The van der Waals surface area contributed by atoms with Gasteiger partial charge in [0, 0.05) is 23.8 Å². The van der Waals surface area contributed by atoms with Gasteiger partial charge >= 0.3 is 0 Å². The van der Waals surface area contributed by atoms with Crippen molar-refractivity contribution in [2.24, 2.45) is 0 Å². The maximum Gasteiger partial charge on any atom is 0.294 e. The zero-order valence-corrected chi connectivity index (χ0v) is 19.7. The third-order valence-corrected chi connectivity index (χ3v) is 6.60. The Morgan fingerprint density at radius 1 is 0.886 bits per heavy atom. The Morgan fingerprint density at radius 3 is 2.29 bits per heavy atom. The first-order valence-electron chi connectivity index (χ1n) is 12.0.